The number of carbonyl (C=O) groups excluding carboxylic acids is 1. The number of H-pyrrole nitrogens is 1. The molecular formula is C16H20N4OS. The average Bonchev–Trinajstić information content (AvgIpc) is 3.26. The van der Waals surface area contributed by atoms with Crippen molar-refractivity contribution in [3.05, 3.63) is 41.2 Å². The molecular weight excluding hydrogens is 296 g/mol. The second-order valence-corrected chi connectivity index (χ2v) is 6.74. The molecule has 1 aromatic heterocycles. The molecule has 1 fully saturated rings. The number of carbonyl (C=O) groups is 1. The minimum atomic E-state index is 0.0864. The van der Waals surface area contributed by atoms with Crippen molar-refractivity contribution in [2.75, 3.05) is 12.8 Å². The molecule has 6 heteroatoms. The standard InChI is InChI=1S/C16H20N4OS/c1-11-3-5-12(6-4-11)9-20(2)14(21)10-22-16-17-15(18-19-16)13-7-8-13/h3-6,13H,7-10H2,1-2H3,(H,17,18,19). The van der Waals surface area contributed by atoms with E-state index in [0.29, 0.717) is 23.4 Å². The first-order chi connectivity index (χ1) is 10.6. The van der Waals surface area contributed by atoms with Gasteiger partial charge in [-0.2, -0.15) is 0 Å². The van der Waals surface area contributed by atoms with Crippen LogP contribution in [0.1, 0.15) is 35.7 Å². The molecule has 3 rings (SSSR count). The molecule has 1 saturated carbocycles. The highest BCUT2D eigenvalue weighted by Gasteiger charge is 2.27. The maximum atomic E-state index is 12.2. The van der Waals surface area contributed by atoms with Crippen LogP contribution in [0.25, 0.3) is 0 Å². The largest absolute Gasteiger partial charge is 0.341 e. The van der Waals surface area contributed by atoms with Gasteiger partial charge in [0.25, 0.3) is 0 Å². The molecule has 22 heavy (non-hydrogen) atoms. The quantitative estimate of drug-likeness (QED) is 0.832. The summed E-state index contributed by atoms with van der Waals surface area (Å²) in [6.07, 6.45) is 2.38. The third-order valence-electron chi connectivity index (χ3n) is 3.74. The zero-order valence-corrected chi connectivity index (χ0v) is 13.7. The number of hydrogen-bond acceptors (Lipinski definition) is 4. The summed E-state index contributed by atoms with van der Waals surface area (Å²) in [5.41, 5.74) is 2.37. The molecule has 1 amide bonds. The Hall–Kier alpha value is -1.82. The fourth-order valence-corrected chi connectivity index (χ4v) is 2.90. The van der Waals surface area contributed by atoms with E-state index in [-0.39, 0.29) is 5.91 Å². The molecule has 1 aromatic carbocycles. The number of nitrogens with one attached hydrogen (secondary N) is 1. The predicted molar refractivity (Wildman–Crippen MR) is 86.7 cm³/mol. The maximum Gasteiger partial charge on any atom is 0.233 e. The Kier molecular flexibility index (Phi) is 4.47. The van der Waals surface area contributed by atoms with Gasteiger partial charge in [-0.1, -0.05) is 41.6 Å². The normalized spacial score (nSPS) is 14.1. The monoisotopic (exact) mass is 316 g/mol. The lowest BCUT2D eigenvalue weighted by molar-refractivity contribution is -0.127. The van der Waals surface area contributed by atoms with Crippen molar-refractivity contribution in [1.82, 2.24) is 20.1 Å². The number of hydrogen-bond donors (Lipinski definition) is 1. The summed E-state index contributed by atoms with van der Waals surface area (Å²) in [7, 11) is 1.83. The molecule has 0 unspecified atom stereocenters. The third-order valence-corrected chi connectivity index (χ3v) is 4.57. The lowest BCUT2D eigenvalue weighted by Gasteiger charge is -2.16. The highest BCUT2D eigenvalue weighted by molar-refractivity contribution is 7.99. The first-order valence-electron chi connectivity index (χ1n) is 7.46. The van der Waals surface area contributed by atoms with Crippen molar-refractivity contribution >= 4 is 17.7 Å². The number of aryl methyl sites for hydroxylation is 1. The van der Waals surface area contributed by atoms with Gasteiger partial charge in [0.15, 0.2) is 0 Å². The summed E-state index contributed by atoms with van der Waals surface area (Å²) in [6.45, 7) is 2.68. The zero-order valence-electron chi connectivity index (χ0n) is 12.9. The minimum Gasteiger partial charge on any atom is -0.341 e. The van der Waals surface area contributed by atoms with Gasteiger partial charge in [-0.25, -0.2) is 4.98 Å². The molecule has 0 radical (unpaired) electrons. The summed E-state index contributed by atoms with van der Waals surface area (Å²) < 4.78 is 0. The van der Waals surface area contributed by atoms with Gasteiger partial charge in [0, 0.05) is 19.5 Å². The fourth-order valence-electron chi connectivity index (χ4n) is 2.15. The summed E-state index contributed by atoms with van der Waals surface area (Å²) in [5.74, 6) is 1.97. The topological polar surface area (TPSA) is 61.9 Å². The number of rotatable bonds is 6. The van der Waals surface area contributed by atoms with Gasteiger partial charge < -0.3 is 4.90 Å². The van der Waals surface area contributed by atoms with Crippen molar-refractivity contribution in [3.8, 4) is 0 Å². The van der Waals surface area contributed by atoms with E-state index in [0.717, 1.165) is 11.4 Å². The van der Waals surface area contributed by atoms with E-state index in [9.17, 15) is 4.79 Å². The molecule has 0 saturated heterocycles. The fraction of sp³-hybridized carbons (Fsp3) is 0.438. The Morgan fingerprint density at radius 2 is 2.09 bits per heavy atom. The minimum absolute atomic E-state index is 0.0864. The van der Waals surface area contributed by atoms with E-state index in [4.69, 9.17) is 0 Å². The van der Waals surface area contributed by atoms with Crippen molar-refractivity contribution in [1.29, 1.82) is 0 Å². The lowest BCUT2D eigenvalue weighted by atomic mass is 10.1. The maximum absolute atomic E-state index is 12.2. The molecule has 1 aliphatic rings. The first-order valence-corrected chi connectivity index (χ1v) is 8.45. The van der Waals surface area contributed by atoms with Gasteiger partial charge in [-0.15, -0.1) is 5.10 Å². The van der Waals surface area contributed by atoms with E-state index >= 15 is 0 Å². The summed E-state index contributed by atoms with van der Waals surface area (Å²) in [4.78, 5) is 18.3. The summed E-state index contributed by atoms with van der Waals surface area (Å²) in [6, 6.07) is 8.25. The van der Waals surface area contributed by atoms with Crippen molar-refractivity contribution in [2.24, 2.45) is 0 Å². The van der Waals surface area contributed by atoms with Gasteiger partial charge in [-0.3, -0.25) is 9.89 Å². The highest BCUT2D eigenvalue weighted by Crippen LogP contribution is 2.38. The molecule has 0 aliphatic heterocycles. The van der Waals surface area contributed by atoms with Crippen LogP contribution >= 0.6 is 11.8 Å². The highest BCUT2D eigenvalue weighted by atomic mass is 32.2. The molecule has 0 atom stereocenters. The number of benzene rings is 1. The predicted octanol–water partition coefficient (Wildman–Crippen LogP) is 2.74. The van der Waals surface area contributed by atoms with Crippen LogP contribution in [-0.4, -0.2) is 38.8 Å². The van der Waals surface area contributed by atoms with Crippen LogP contribution in [0.5, 0.6) is 0 Å². The van der Waals surface area contributed by atoms with Crippen LogP contribution in [0.15, 0.2) is 29.4 Å². The van der Waals surface area contributed by atoms with Gasteiger partial charge in [0.1, 0.15) is 5.82 Å². The molecule has 5 nitrogen and oxygen atoms in total. The molecule has 1 N–H and O–H groups in total. The Morgan fingerprint density at radius 1 is 1.36 bits per heavy atom. The SMILES string of the molecule is Cc1ccc(CN(C)C(=O)CSc2n[nH]c(C3CC3)n2)cc1. The Labute approximate surface area is 134 Å². The Balaban J connectivity index is 1.48. The molecule has 0 bridgehead atoms. The molecule has 1 heterocycles. The van der Waals surface area contributed by atoms with Gasteiger partial charge >= 0.3 is 0 Å². The van der Waals surface area contributed by atoms with Crippen LogP contribution in [0.3, 0.4) is 0 Å². The van der Waals surface area contributed by atoms with Crippen molar-refractivity contribution in [2.45, 2.75) is 37.4 Å². The van der Waals surface area contributed by atoms with E-state index in [1.54, 1.807) is 4.90 Å². The van der Waals surface area contributed by atoms with E-state index in [2.05, 4.69) is 46.4 Å². The van der Waals surface area contributed by atoms with Crippen molar-refractivity contribution in [3.63, 3.8) is 0 Å². The molecule has 1 aliphatic carbocycles. The van der Waals surface area contributed by atoms with Crippen molar-refractivity contribution < 1.29 is 4.79 Å². The van der Waals surface area contributed by atoms with Gasteiger partial charge in [0.2, 0.25) is 11.1 Å². The van der Waals surface area contributed by atoms with E-state index < -0.39 is 0 Å². The number of aromatic nitrogens is 3. The Morgan fingerprint density at radius 3 is 2.77 bits per heavy atom. The average molecular weight is 316 g/mol. The molecule has 116 valence electrons. The summed E-state index contributed by atoms with van der Waals surface area (Å²) >= 11 is 1.39. The second kappa shape index (κ2) is 6.52. The van der Waals surface area contributed by atoms with Gasteiger partial charge in [-0.05, 0) is 25.3 Å². The first kappa shape index (κ1) is 15.1. The molecule has 0 spiro atoms. The third kappa shape index (κ3) is 3.88. The van der Waals surface area contributed by atoms with Crippen LogP contribution in [-0.2, 0) is 11.3 Å². The lowest BCUT2D eigenvalue weighted by Crippen LogP contribution is -2.27. The van der Waals surface area contributed by atoms with Crippen LogP contribution < -0.4 is 0 Å². The van der Waals surface area contributed by atoms with Crippen LogP contribution in [0.2, 0.25) is 0 Å². The number of amides is 1. The second-order valence-electron chi connectivity index (χ2n) is 5.80. The van der Waals surface area contributed by atoms with Gasteiger partial charge in [0.05, 0.1) is 5.75 Å². The smallest absolute Gasteiger partial charge is 0.233 e. The number of nitrogens with zero attached hydrogens (tertiary/aromatic N) is 3. The molecule has 2 aromatic rings. The number of aromatic amines is 1. The Bertz CT molecular complexity index is 648. The van der Waals surface area contributed by atoms with E-state index in [1.165, 1.54) is 30.2 Å². The summed E-state index contributed by atoms with van der Waals surface area (Å²) in [5, 5.41) is 7.78. The zero-order chi connectivity index (χ0) is 15.5. The van der Waals surface area contributed by atoms with Crippen LogP contribution in [0.4, 0.5) is 0 Å². The number of thioether (sulfide) groups is 1. The van der Waals surface area contributed by atoms with E-state index in [1.807, 2.05) is 7.05 Å². The van der Waals surface area contributed by atoms with Crippen LogP contribution in [0, 0.1) is 6.92 Å².